The number of carbonyl (C=O) groups is 2. The minimum atomic E-state index is -0.371. The van der Waals surface area contributed by atoms with Gasteiger partial charge in [0.15, 0.2) is 0 Å². The van der Waals surface area contributed by atoms with Gasteiger partial charge in [-0.15, -0.1) is 11.3 Å². The Labute approximate surface area is 143 Å². The third-order valence-electron chi connectivity index (χ3n) is 2.98. The fourth-order valence-electron chi connectivity index (χ4n) is 1.88. The summed E-state index contributed by atoms with van der Waals surface area (Å²) in [6.07, 6.45) is 0. The molecule has 0 saturated carbocycles. The van der Waals surface area contributed by atoms with E-state index in [-0.39, 0.29) is 12.0 Å². The van der Waals surface area contributed by atoms with E-state index in [1.165, 1.54) is 11.3 Å². The first kappa shape index (κ1) is 17.3. The van der Waals surface area contributed by atoms with E-state index in [4.69, 9.17) is 16.3 Å². The Morgan fingerprint density at radius 1 is 1.26 bits per heavy atom. The topological polar surface area (TPSA) is 67.4 Å². The molecule has 0 aliphatic carbocycles. The molecule has 0 aliphatic rings. The standard InChI is InChI=1S/C16H17ClN2O3S/c1-3-22-15(20)14-10(2)8-13(23-14)19-16(21)18-9-11-4-6-12(17)7-5-11/h4-8H,3,9H2,1-2H3,(H2,18,19,21). The van der Waals surface area contributed by atoms with Crippen LogP contribution in [-0.2, 0) is 11.3 Å². The lowest BCUT2D eigenvalue weighted by Gasteiger charge is -2.06. The van der Waals surface area contributed by atoms with Gasteiger partial charge in [-0.05, 0) is 43.2 Å². The van der Waals surface area contributed by atoms with Crippen molar-refractivity contribution < 1.29 is 14.3 Å². The Morgan fingerprint density at radius 3 is 2.61 bits per heavy atom. The second-order valence-electron chi connectivity index (χ2n) is 4.78. The van der Waals surface area contributed by atoms with Gasteiger partial charge in [0, 0.05) is 11.6 Å². The van der Waals surface area contributed by atoms with Crippen molar-refractivity contribution in [1.29, 1.82) is 0 Å². The van der Waals surface area contributed by atoms with E-state index in [2.05, 4.69) is 10.6 Å². The van der Waals surface area contributed by atoms with E-state index in [1.807, 2.05) is 12.1 Å². The van der Waals surface area contributed by atoms with Crippen LogP contribution in [0.2, 0.25) is 5.02 Å². The Morgan fingerprint density at radius 2 is 1.96 bits per heavy atom. The van der Waals surface area contributed by atoms with Crippen LogP contribution in [0.25, 0.3) is 0 Å². The summed E-state index contributed by atoms with van der Waals surface area (Å²) in [7, 11) is 0. The summed E-state index contributed by atoms with van der Waals surface area (Å²) >= 11 is 7.01. The molecule has 0 fully saturated rings. The molecule has 1 heterocycles. The SMILES string of the molecule is CCOC(=O)c1sc(NC(=O)NCc2ccc(Cl)cc2)cc1C. The summed E-state index contributed by atoms with van der Waals surface area (Å²) in [5.74, 6) is -0.371. The normalized spacial score (nSPS) is 10.2. The zero-order chi connectivity index (χ0) is 16.8. The minimum absolute atomic E-state index is 0.320. The molecular formula is C16H17ClN2O3S. The van der Waals surface area contributed by atoms with Gasteiger partial charge in [0.05, 0.1) is 11.6 Å². The summed E-state index contributed by atoms with van der Waals surface area (Å²) in [6.45, 7) is 4.27. The second kappa shape index (κ2) is 7.99. The number of urea groups is 1. The maximum atomic E-state index is 11.9. The number of hydrogen-bond donors (Lipinski definition) is 2. The van der Waals surface area contributed by atoms with Gasteiger partial charge in [0.2, 0.25) is 0 Å². The van der Waals surface area contributed by atoms with Crippen molar-refractivity contribution in [3.8, 4) is 0 Å². The Hall–Kier alpha value is -2.05. The van der Waals surface area contributed by atoms with Crippen molar-refractivity contribution in [2.45, 2.75) is 20.4 Å². The lowest BCUT2D eigenvalue weighted by atomic mass is 10.2. The van der Waals surface area contributed by atoms with Crippen LogP contribution >= 0.6 is 22.9 Å². The number of ether oxygens (including phenoxy) is 1. The number of halogens is 1. The van der Waals surface area contributed by atoms with Crippen LogP contribution in [-0.4, -0.2) is 18.6 Å². The number of anilines is 1. The first-order valence-corrected chi connectivity index (χ1v) is 8.26. The van der Waals surface area contributed by atoms with E-state index in [1.54, 1.807) is 32.0 Å². The maximum Gasteiger partial charge on any atom is 0.348 e. The summed E-state index contributed by atoms with van der Waals surface area (Å²) in [5.41, 5.74) is 1.72. The number of carbonyl (C=O) groups excluding carboxylic acids is 2. The van der Waals surface area contributed by atoms with Crippen molar-refractivity contribution in [3.05, 3.63) is 51.4 Å². The summed E-state index contributed by atoms with van der Waals surface area (Å²) < 4.78 is 4.97. The number of aryl methyl sites for hydroxylation is 1. The van der Waals surface area contributed by atoms with Crippen LogP contribution in [0.5, 0.6) is 0 Å². The average Bonchev–Trinajstić information content (AvgIpc) is 2.87. The van der Waals surface area contributed by atoms with E-state index >= 15 is 0 Å². The van der Waals surface area contributed by atoms with E-state index in [0.717, 1.165) is 11.1 Å². The lowest BCUT2D eigenvalue weighted by Crippen LogP contribution is -2.27. The monoisotopic (exact) mass is 352 g/mol. The number of hydrogen-bond acceptors (Lipinski definition) is 4. The highest BCUT2D eigenvalue weighted by Crippen LogP contribution is 2.27. The third-order valence-corrected chi connectivity index (χ3v) is 4.37. The number of benzene rings is 1. The smallest absolute Gasteiger partial charge is 0.348 e. The van der Waals surface area contributed by atoms with Crippen molar-refractivity contribution in [3.63, 3.8) is 0 Å². The van der Waals surface area contributed by atoms with Crippen LogP contribution in [0.15, 0.2) is 30.3 Å². The fraction of sp³-hybridized carbons (Fsp3) is 0.250. The molecule has 7 heteroatoms. The summed E-state index contributed by atoms with van der Waals surface area (Å²) in [6, 6.07) is 8.64. The van der Waals surface area contributed by atoms with E-state index in [0.29, 0.717) is 28.1 Å². The summed E-state index contributed by atoms with van der Waals surface area (Å²) in [4.78, 5) is 24.2. The molecule has 0 radical (unpaired) electrons. The number of nitrogens with one attached hydrogen (secondary N) is 2. The lowest BCUT2D eigenvalue weighted by molar-refractivity contribution is 0.0531. The number of esters is 1. The molecule has 2 amide bonds. The minimum Gasteiger partial charge on any atom is -0.462 e. The molecule has 0 unspecified atom stereocenters. The van der Waals surface area contributed by atoms with Gasteiger partial charge >= 0.3 is 12.0 Å². The molecule has 122 valence electrons. The molecular weight excluding hydrogens is 336 g/mol. The predicted molar refractivity (Wildman–Crippen MR) is 92.3 cm³/mol. The van der Waals surface area contributed by atoms with Crippen molar-refractivity contribution in [1.82, 2.24) is 5.32 Å². The molecule has 2 aromatic rings. The zero-order valence-corrected chi connectivity index (χ0v) is 14.4. The molecule has 23 heavy (non-hydrogen) atoms. The first-order chi connectivity index (χ1) is 11.0. The Balaban J connectivity index is 1.91. The van der Waals surface area contributed by atoms with Crippen molar-refractivity contribution in [2.75, 3.05) is 11.9 Å². The highest BCUT2D eigenvalue weighted by atomic mass is 35.5. The Bertz CT molecular complexity index is 698. The van der Waals surface area contributed by atoms with Crippen LogP contribution in [0.3, 0.4) is 0 Å². The molecule has 0 aliphatic heterocycles. The number of thiophene rings is 1. The predicted octanol–water partition coefficient (Wildman–Crippen LogP) is 4.21. The molecule has 5 nitrogen and oxygen atoms in total. The highest BCUT2D eigenvalue weighted by molar-refractivity contribution is 7.18. The average molecular weight is 353 g/mol. The zero-order valence-electron chi connectivity index (χ0n) is 12.8. The maximum absolute atomic E-state index is 11.9. The molecule has 2 rings (SSSR count). The van der Waals surface area contributed by atoms with E-state index < -0.39 is 0 Å². The van der Waals surface area contributed by atoms with Gasteiger partial charge in [-0.2, -0.15) is 0 Å². The largest absolute Gasteiger partial charge is 0.462 e. The molecule has 0 spiro atoms. The Kier molecular flexibility index (Phi) is 6.01. The first-order valence-electron chi connectivity index (χ1n) is 7.06. The molecule has 2 N–H and O–H groups in total. The summed E-state index contributed by atoms with van der Waals surface area (Å²) in [5, 5.41) is 6.71. The van der Waals surface area contributed by atoms with Gasteiger partial charge in [-0.3, -0.25) is 5.32 Å². The van der Waals surface area contributed by atoms with Gasteiger partial charge < -0.3 is 10.1 Å². The van der Waals surface area contributed by atoms with Crippen molar-refractivity contribution >= 4 is 39.9 Å². The molecule has 0 saturated heterocycles. The molecule has 0 atom stereocenters. The van der Waals surface area contributed by atoms with E-state index in [9.17, 15) is 9.59 Å². The quantitative estimate of drug-likeness (QED) is 0.792. The second-order valence-corrected chi connectivity index (χ2v) is 6.27. The molecule has 0 bridgehead atoms. The van der Waals surface area contributed by atoms with Gasteiger partial charge in [-0.1, -0.05) is 23.7 Å². The van der Waals surface area contributed by atoms with Crippen LogP contribution in [0.1, 0.15) is 27.7 Å². The van der Waals surface area contributed by atoms with Crippen molar-refractivity contribution in [2.24, 2.45) is 0 Å². The van der Waals surface area contributed by atoms with Gasteiger partial charge in [0.1, 0.15) is 4.88 Å². The molecule has 1 aromatic carbocycles. The van der Waals surface area contributed by atoms with Crippen LogP contribution in [0.4, 0.5) is 9.80 Å². The number of rotatable bonds is 5. The fourth-order valence-corrected chi connectivity index (χ4v) is 2.97. The van der Waals surface area contributed by atoms with Gasteiger partial charge in [0.25, 0.3) is 0 Å². The highest BCUT2D eigenvalue weighted by Gasteiger charge is 2.15. The number of amides is 2. The van der Waals surface area contributed by atoms with Crippen LogP contribution < -0.4 is 10.6 Å². The van der Waals surface area contributed by atoms with Gasteiger partial charge in [-0.25, -0.2) is 9.59 Å². The third kappa shape index (κ3) is 4.97. The van der Waals surface area contributed by atoms with Crippen LogP contribution in [0, 0.1) is 6.92 Å². The molecule has 1 aromatic heterocycles.